The van der Waals surface area contributed by atoms with Crippen molar-refractivity contribution in [3.63, 3.8) is 0 Å². The first-order chi connectivity index (χ1) is 9.69. The van der Waals surface area contributed by atoms with E-state index in [0.29, 0.717) is 0 Å². The van der Waals surface area contributed by atoms with Gasteiger partial charge in [0.1, 0.15) is 0 Å². The highest BCUT2D eigenvalue weighted by Crippen LogP contribution is 1.97. The third kappa shape index (κ3) is 9.18. The lowest BCUT2D eigenvalue weighted by Crippen LogP contribution is -2.39. The number of unbranched alkanes of at least 4 members (excludes halogenated alkanes) is 2. The van der Waals surface area contributed by atoms with E-state index < -0.39 is 0 Å². The number of hydrogen-bond donors (Lipinski definition) is 1. The van der Waals surface area contributed by atoms with Crippen molar-refractivity contribution < 1.29 is 0 Å². The summed E-state index contributed by atoms with van der Waals surface area (Å²) >= 11 is 0. The van der Waals surface area contributed by atoms with Crippen LogP contribution in [-0.2, 0) is 0 Å². The third-order valence-electron chi connectivity index (χ3n) is 3.58. The lowest BCUT2D eigenvalue weighted by atomic mass is 10.3. The molecule has 120 valence electrons. The van der Waals surface area contributed by atoms with E-state index in [9.17, 15) is 0 Å². The van der Waals surface area contributed by atoms with Crippen molar-refractivity contribution in [2.24, 2.45) is 4.99 Å². The van der Waals surface area contributed by atoms with Gasteiger partial charge < -0.3 is 15.1 Å². The monoisotopic (exact) mass is 284 g/mol. The van der Waals surface area contributed by atoms with E-state index in [-0.39, 0.29) is 0 Å². The summed E-state index contributed by atoms with van der Waals surface area (Å²) in [6.07, 6.45) is 4.87. The van der Waals surface area contributed by atoms with Gasteiger partial charge in [0.2, 0.25) is 0 Å². The Balaban J connectivity index is 4.01. The van der Waals surface area contributed by atoms with Gasteiger partial charge in [0.15, 0.2) is 5.96 Å². The number of nitrogens with one attached hydrogen (secondary N) is 1. The summed E-state index contributed by atoms with van der Waals surface area (Å²) in [4.78, 5) is 9.45. The predicted octanol–water partition coefficient (Wildman–Crippen LogP) is 2.81. The molecule has 20 heavy (non-hydrogen) atoms. The predicted molar refractivity (Wildman–Crippen MR) is 90.5 cm³/mol. The van der Waals surface area contributed by atoms with Crippen molar-refractivity contribution in [1.29, 1.82) is 0 Å². The van der Waals surface area contributed by atoms with Crippen LogP contribution in [-0.4, -0.2) is 62.1 Å². The molecule has 0 atom stereocenters. The van der Waals surface area contributed by atoms with Crippen LogP contribution in [0, 0.1) is 0 Å². The van der Waals surface area contributed by atoms with Crippen LogP contribution in [0.25, 0.3) is 0 Å². The average Bonchev–Trinajstić information content (AvgIpc) is 2.47. The molecule has 0 aliphatic carbocycles. The number of guanidine groups is 1. The largest absolute Gasteiger partial charge is 0.357 e. The number of aliphatic imine (C=N–C) groups is 1. The van der Waals surface area contributed by atoms with E-state index in [4.69, 9.17) is 4.99 Å². The molecule has 0 heterocycles. The molecule has 0 unspecified atom stereocenters. The number of hydrogen-bond acceptors (Lipinski definition) is 2. The van der Waals surface area contributed by atoms with Gasteiger partial charge in [0.25, 0.3) is 0 Å². The Morgan fingerprint density at radius 1 is 0.950 bits per heavy atom. The van der Waals surface area contributed by atoms with Crippen LogP contribution in [0.1, 0.15) is 53.4 Å². The summed E-state index contributed by atoms with van der Waals surface area (Å²) in [6.45, 7) is 15.3. The Hall–Kier alpha value is -0.770. The van der Waals surface area contributed by atoms with Crippen molar-refractivity contribution in [3.8, 4) is 0 Å². The minimum absolute atomic E-state index is 0.931. The first-order valence-corrected chi connectivity index (χ1v) is 8.41. The maximum absolute atomic E-state index is 4.73. The van der Waals surface area contributed by atoms with Crippen LogP contribution in [0.5, 0.6) is 0 Å². The van der Waals surface area contributed by atoms with Crippen LogP contribution in [0.4, 0.5) is 0 Å². The van der Waals surface area contributed by atoms with Crippen molar-refractivity contribution in [1.82, 2.24) is 15.1 Å². The van der Waals surface area contributed by atoms with E-state index in [0.717, 1.165) is 38.7 Å². The Morgan fingerprint density at radius 2 is 1.65 bits per heavy atom. The van der Waals surface area contributed by atoms with Crippen LogP contribution in [0.3, 0.4) is 0 Å². The van der Waals surface area contributed by atoms with Crippen molar-refractivity contribution >= 4 is 5.96 Å². The quantitative estimate of drug-likeness (QED) is 0.359. The zero-order chi connectivity index (χ0) is 15.2. The molecule has 1 N–H and O–H groups in total. The van der Waals surface area contributed by atoms with Gasteiger partial charge in [0.05, 0.1) is 0 Å². The molecular formula is C16H36N4. The molecule has 4 heteroatoms. The maximum Gasteiger partial charge on any atom is 0.193 e. The first kappa shape index (κ1) is 19.2. The summed E-state index contributed by atoms with van der Waals surface area (Å²) in [5.41, 5.74) is 0. The summed E-state index contributed by atoms with van der Waals surface area (Å²) in [5.74, 6) is 1.06. The zero-order valence-corrected chi connectivity index (χ0v) is 14.4. The molecule has 0 rings (SSSR count). The Morgan fingerprint density at radius 3 is 2.20 bits per heavy atom. The van der Waals surface area contributed by atoms with Crippen molar-refractivity contribution in [2.75, 3.05) is 46.3 Å². The van der Waals surface area contributed by atoms with Gasteiger partial charge in [-0.15, -0.1) is 0 Å². The minimum Gasteiger partial charge on any atom is -0.357 e. The second-order valence-corrected chi connectivity index (χ2v) is 5.24. The molecule has 0 aromatic heterocycles. The minimum atomic E-state index is 0.931. The van der Waals surface area contributed by atoms with Gasteiger partial charge in [-0.25, -0.2) is 0 Å². The van der Waals surface area contributed by atoms with E-state index in [1.54, 1.807) is 0 Å². The van der Waals surface area contributed by atoms with E-state index in [1.807, 2.05) is 0 Å². The second kappa shape index (κ2) is 13.2. The fraction of sp³-hybridized carbons (Fsp3) is 0.938. The molecule has 0 aromatic rings. The molecule has 0 fully saturated rings. The van der Waals surface area contributed by atoms with Gasteiger partial charge in [0, 0.05) is 26.7 Å². The normalized spacial score (nSPS) is 12.0. The molecule has 0 aliphatic heterocycles. The SMILES string of the molecule is CCCCN(C)C(=NCCCCN(CC)CC)NCC. The van der Waals surface area contributed by atoms with E-state index >= 15 is 0 Å². The van der Waals surface area contributed by atoms with Gasteiger partial charge in [-0.1, -0.05) is 27.2 Å². The highest BCUT2D eigenvalue weighted by atomic mass is 15.3. The summed E-state index contributed by atoms with van der Waals surface area (Å²) in [5, 5.41) is 3.38. The number of nitrogens with zero attached hydrogens (tertiary/aromatic N) is 3. The fourth-order valence-electron chi connectivity index (χ4n) is 2.14. The van der Waals surface area contributed by atoms with Gasteiger partial charge in [-0.3, -0.25) is 4.99 Å². The highest BCUT2D eigenvalue weighted by Gasteiger charge is 2.04. The molecular weight excluding hydrogens is 248 g/mol. The zero-order valence-electron chi connectivity index (χ0n) is 14.4. The Bertz CT molecular complexity index is 237. The molecule has 0 spiro atoms. The maximum atomic E-state index is 4.73. The Kier molecular flexibility index (Phi) is 12.7. The molecule has 4 nitrogen and oxygen atoms in total. The standard InChI is InChI=1S/C16H36N4/c1-6-10-14-19(5)16(17-7-2)18-13-11-12-15-20(8-3)9-4/h6-15H2,1-5H3,(H,17,18). The Labute approximate surface area is 126 Å². The lowest BCUT2D eigenvalue weighted by molar-refractivity contribution is 0.297. The molecule has 0 aliphatic rings. The third-order valence-corrected chi connectivity index (χ3v) is 3.58. The summed E-state index contributed by atoms with van der Waals surface area (Å²) in [6, 6.07) is 0. The van der Waals surface area contributed by atoms with Crippen molar-refractivity contribution in [3.05, 3.63) is 0 Å². The smallest absolute Gasteiger partial charge is 0.193 e. The molecule has 0 saturated carbocycles. The second-order valence-electron chi connectivity index (χ2n) is 5.24. The number of rotatable bonds is 11. The van der Waals surface area contributed by atoms with Crippen molar-refractivity contribution in [2.45, 2.75) is 53.4 Å². The van der Waals surface area contributed by atoms with Gasteiger partial charge in [-0.2, -0.15) is 0 Å². The van der Waals surface area contributed by atoms with E-state index in [1.165, 1.54) is 32.2 Å². The highest BCUT2D eigenvalue weighted by molar-refractivity contribution is 5.79. The van der Waals surface area contributed by atoms with E-state index in [2.05, 4.69) is 49.9 Å². The van der Waals surface area contributed by atoms with Crippen LogP contribution >= 0.6 is 0 Å². The van der Waals surface area contributed by atoms with Crippen LogP contribution < -0.4 is 5.32 Å². The lowest BCUT2D eigenvalue weighted by Gasteiger charge is -2.22. The summed E-state index contributed by atoms with van der Waals surface area (Å²) in [7, 11) is 2.13. The van der Waals surface area contributed by atoms with Gasteiger partial charge in [-0.05, 0) is 45.8 Å². The van der Waals surface area contributed by atoms with Crippen LogP contribution in [0.2, 0.25) is 0 Å². The first-order valence-electron chi connectivity index (χ1n) is 8.41. The average molecular weight is 284 g/mol. The van der Waals surface area contributed by atoms with Gasteiger partial charge >= 0.3 is 0 Å². The molecule has 0 amide bonds. The summed E-state index contributed by atoms with van der Waals surface area (Å²) < 4.78 is 0. The fourth-order valence-corrected chi connectivity index (χ4v) is 2.14. The topological polar surface area (TPSA) is 30.9 Å². The van der Waals surface area contributed by atoms with Crippen LogP contribution in [0.15, 0.2) is 4.99 Å². The molecule has 0 aromatic carbocycles. The molecule has 0 saturated heterocycles. The molecule has 0 bridgehead atoms. The molecule has 0 radical (unpaired) electrons.